The van der Waals surface area contributed by atoms with Gasteiger partial charge in [0.1, 0.15) is 5.82 Å². The Bertz CT molecular complexity index is 983. The summed E-state index contributed by atoms with van der Waals surface area (Å²) in [4.78, 5) is 2.35. The third kappa shape index (κ3) is 2.62. The molecule has 2 aromatic carbocycles. The summed E-state index contributed by atoms with van der Waals surface area (Å²) in [5.41, 5.74) is 1.15. The van der Waals surface area contributed by atoms with E-state index in [-0.39, 0.29) is 5.69 Å². The number of rotatable bonds is 4. The van der Waals surface area contributed by atoms with E-state index in [0.29, 0.717) is 36.5 Å². The van der Waals surface area contributed by atoms with Crippen molar-refractivity contribution in [2.45, 2.75) is 18.5 Å². The van der Waals surface area contributed by atoms with Crippen molar-refractivity contribution in [3.63, 3.8) is 0 Å². The lowest BCUT2D eigenvalue weighted by Crippen LogP contribution is -2.47. The normalized spacial score (nSPS) is 26.0. The second-order valence-corrected chi connectivity index (χ2v) is 8.98. The minimum atomic E-state index is -3.88. The summed E-state index contributed by atoms with van der Waals surface area (Å²) in [6, 6.07) is 14.1. The first-order chi connectivity index (χ1) is 13.1. The summed E-state index contributed by atoms with van der Waals surface area (Å²) in [6.45, 7) is 2.95. The average Bonchev–Trinajstić information content (AvgIpc) is 3.32. The molecule has 2 bridgehead atoms. The van der Waals surface area contributed by atoms with E-state index >= 15 is 0 Å². The number of fused-ring (bicyclic) bond motifs is 3. The van der Waals surface area contributed by atoms with E-state index in [4.69, 9.17) is 0 Å². The molecule has 5 rings (SSSR count). The predicted octanol–water partition coefficient (Wildman–Crippen LogP) is 2.07. The van der Waals surface area contributed by atoms with Crippen LogP contribution in [0.25, 0.3) is 0 Å². The van der Waals surface area contributed by atoms with Crippen LogP contribution in [-0.2, 0) is 10.2 Å². The van der Waals surface area contributed by atoms with Crippen molar-refractivity contribution < 1.29 is 12.8 Å². The molecule has 6 nitrogen and oxygen atoms in total. The molecule has 0 amide bonds. The van der Waals surface area contributed by atoms with Crippen molar-refractivity contribution in [2.75, 3.05) is 34.8 Å². The van der Waals surface area contributed by atoms with E-state index in [1.54, 1.807) is 30.3 Å². The van der Waals surface area contributed by atoms with Gasteiger partial charge in [0.25, 0.3) is 0 Å². The predicted molar refractivity (Wildman–Crippen MR) is 103 cm³/mol. The molecule has 2 fully saturated rings. The second-order valence-electron chi connectivity index (χ2n) is 7.27. The van der Waals surface area contributed by atoms with Gasteiger partial charge in [-0.2, -0.15) is 8.42 Å². The molecule has 2 atom stereocenters. The Morgan fingerprint density at radius 1 is 1.00 bits per heavy atom. The maximum Gasteiger partial charge on any atom is 0.331 e. The highest BCUT2D eigenvalue weighted by molar-refractivity contribution is 7.95. The molecule has 2 aromatic rings. The fraction of sp³-hybridized carbons (Fsp3) is 0.368. The number of likely N-dealkylation sites (tertiary alicyclic amines) is 1. The number of anilines is 3. The second kappa shape index (κ2) is 6.19. The van der Waals surface area contributed by atoms with E-state index in [1.165, 1.54) is 16.4 Å². The fourth-order valence-corrected chi connectivity index (χ4v) is 6.15. The van der Waals surface area contributed by atoms with Gasteiger partial charge in [-0.3, -0.25) is 4.90 Å². The third-order valence-corrected chi connectivity index (χ3v) is 7.50. The van der Waals surface area contributed by atoms with Gasteiger partial charge in [0.2, 0.25) is 0 Å². The number of nitrogens with one attached hydrogen (secondary N) is 1. The van der Waals surface area contributed by atoms with Gasteiger partial charge in [-0.25, -0.2) is 13.0 Å². The van der Waals surface area contributed by atoms with Crippen LogP contribution < -0.4 is 13.9 Å². The van der Waals surface area contributed by atoms with Crippen LogP contribution >= 0.6 is 0 Å². The SMILES string of the molecule is O=S1(=O)N(CCN2C[C@@H]3C[C@H]2CN3)c2ccccc2N1c1ccccc1F. The van der Waals surface area contributed by atoms with E-state index in [0.717, 1.165) is 23.8 Å². The Morgan fingerprint density at radius 3 is 2.37 bits per heavy atom. The van der Waals surface area contributed by atoms with Gasteiger partial charge >= 0.3 is 10.2 Å². The molecule has 0 aliphatic carbocycles. The van der Waals surface area contributed by atoms with Crippen molar-refractivity contribution >= 4 is 27.3 Å². The van der Waals surface area contributed by atoms with Crippen molar-refractivity contribution in [2.24, 2.45) is 0 Å². The lowest BCUT2D eigenvalue weighted by molar-refractivity contribution is 0.233. The highest BCUT2D eigenvalue weighted by atomic mass is 32.2. The van der Waals surface area contributed by atoms with Crippen LogP contribution in [0.1, 0.15) is 6.42 Å². The summed E-state index contributed by atoms with van der Waals surface area (Å²) in [5, 5.41) is 3.46. The van der Waals surface area contributed by atoms with E-state index < -0.39 is 16.0 Å². The molecule has 0 spiro atoms. The molecule has 2 saturated heterocycles. The zero-order valence-corrected chi connectivity index (χ0v) is 15.6. The van der Waals surface area contributed by atoms with E-state index in [2.05, 4.69) is 10.2 Å². The summed E-state index contributed by atoms with van der Waals surface area (Å²) >= 11 is 0. The Morgan fingerprint density at radius 2 is 1.70 bits per heavy atom. The third-order valence-electron chi connectivity index (χ3n) is 5.71. The van der Waals surface area contributed by atoms with Crippen LogP contribution in [0.4, 0.5) is 21.5 Å². The summed E-state index contributed by atoms with van der Waals surface area (Å²) in [7, 11) is -3.88. The molecule has 1 N–H and O–H groups in total. The van der Waals surface area contributed by atoms with Crippen molar-refractivity contribution in [3.05, 3.63) is 54.3 Å². The Balaban J connectivity index is 1.48. The van der Waals surface area contributed by atoms with Crippen LogP contribution in [0.15, 0.2) is 48.5 Å². The first-order valence-corrected chi connectivity index (χ1v) is 10.6. The molecule has 0 saturated carbocycles. The number of benzene rings is 2. The van der Waals surface area contributed by atoms with E-state index in [9.17, 15) is 12.8 Å². The minimum absolute atomic E-state index is 0.0527. The van der Waals surface area contributed by atoms with Crippen molar-refractivity contribution in [1.82, 2.24) is 10.2 Å². The molecule has 0 unspecified atom stereocenters. The number of piperazine rings is 1. The standard InChI is InChI=1S/C19H21FN4O2S/c20-16-5-1-2-6-17(16)24-19-8-4-3-7-18(19)23(27(24,25)26)10-9-22-13-14-11-15(22)12-21-14/h1-8,14-15,21H,9-13H2/t14-,15-/m0/s1. The van der Waals surface area contributed by atoms with Gasteiger partial charge in [-0.15, -0.1) is 0 Å². The summed E-state index contributed by atoms with van der Waals surface area (Å²) < 4.78 is 43.6. The first kappa shape index (κ1) is 17.0. The minimum Gasteiger partial charge on any atom is -0.311 e. The molecule has 3 heterocycles. The van der Waals surface area contributed by atoms with Gasteiger partial charge < -0.3 is 5.32 Å². The molecule has 3 aliphatic heterocycles. The Labute approximate surface area is 158 Å². The smallest absolute Gasteiger partial charge is 0.311 e. The van der Waals surface area contributed by atoms with E-state index in [1.807, 2.05) is 6.07 Å². The fourth-order valence-electron chi connectivity index (χ4n) is 4.44. The number of halogens is 1. The molecule has 142 valence electrons. The zero-order chi connectivity index (χ0) is 18.6. The molecular weight excluding hydrogens is 367 g/mol. The van der Waals surface area contributed by atoms with Gasteiger partial charge in [0.05, 0.1) is 17.1 Å². The maximum atomic E-state index is 14.4. The monoisotopic (exact) mass is 388 g/mol. The van der Waals surface area contributed by atoms with Crippen LogP contribution in [0.3, 0.4) is 0 Å². The molecule has 0 radical (unpaired) electrons. The average molecular weight is 388 g/mol. The lowest BCUT2D eigenvalue weighted by atomic mass is 10.2. The highest BCUT2D eigenvalue weighted by Gasteiger charge is 2.43. The number of hydrogen-bond donors (Lipinski definition) is 1. The largest absolute Gasteiger partial charge is 0.331 e. The van der Waals surface area contributed by atoms with Crippen molar-refractivity contribution in [3.8, 4) is 0 Å². The number of hydrogen-bond acceptors (Lipinski definition) is 4. The quantitative estimate of drug-likeness (QED) is 0.871. The molecule has 0 aromatic heterocycles. The summed E-state index contributed by atoms with van der Waals surface area (Å²) in [6.07, 6.45) is 1.13. The van der Waals surface area contributed by atoms with Crippen LogP contribution in [0.5, 0.6) is 0 Å². The van der Waals surface area contributed by atoms with Gasteiger partial charge in [-0.1, -0.05) is 24.3 Å². The maximum absolute atomic E-state index is 14.4. The van der Waals surface area contributed by atoms with Crippen LogP contribution in [0, 0.1) is 5.82 Å². The molecule has 27 heavy (non-hydrogen) atoms. The summed E-state index contributed by atoms with van der Waals surface area (Å²) in [5.74, 6) is -0.555. The molecule has 8 heteroatoms. The van der Waals surface area contributed by atoms with Crippen LogP contribution in [-0.4, -0.2) is 51.6 Å². The Kier molecular flexibility index (Phi) is 3.89. The highest BCUT2D eigenvalue weighted by Crippen LogP contribution is 2.45. The van der Waals surface area contributed by atoms with Gasteiger partial charge in [0.15, 0.2) is 0 Å². The molecule has 3 aliphatic rings. The number of para-hydroxylation sites is 3. The Hall–Kier alpha value is -2.16. The van der Waals surface area contributed by atoms with Crippen LogP contribution in [0.2, 0.25) is 0 Å². The number of nitrogens with zero attached hydrogens (tertiary/aromatic N) is 3. The lowest BCUT2D eigenvalue weighted by Gasteiger charge is -2.29. The first-order valence-electron chi connectivity index (χ1n) is 9.20. The van der Waals surface area contributed by atoms with Crippen molar-refractivity contribution in [1.29, 1.82) is 0 Å². The van der Waals surface area contributed by atoms with Gasteiger partial charge in [-0.05, 0) is 30.7 Å². The van der Waals surface area contributed by atoms with Gasteiger partial charge in [0, 0.05) is 38.3 Å². The molecular formula is C19H21FN4O2S. The topological polar surface area (TPSA) is 55.9 Å². The zero-order valence-electron chi connectivity index (χ0n) is 14.8.